The molecule has 0 radical (unpaired) electrons. The minimum atomic E-state index is -4.32. The summed E-state index contributed by atoms with van der Waals surface area (Å²) in [6.45, 7) is 0.194. The average molecular weight is 486 g/mol. The van der Waals surface area contributed by atoms with Crippen LogP contribution in [0.5, 0.6) is 0 Å². The van der Waals surface area contributed by atoms with E-state index in [2.05, 4.69) is 25.3 Å². The third kappa shape index (κ3) is 4.88. The van der Waals surface area contributed by atoms with Crippen LogP contribution in [0.25, 0.3) is 0 Å². The molecule has 16 heteroatoms. The van der Waals surface area contributed by atoms with E-state index in [1.807, 2.05) is 0 Å². The molecule has 1 aliphatic heterocycles. The number of nitro groups is 1. The number of rotatable bonds is 7. The van der Waals surface area contributed by atoms with Gasteiger partial charge in [0, 0.05) is 11.8 Å². The molecule has 0 saturated heterocycles. The van der Waals surface area contributed by atoms with E-state index >= 15 is 0 Å². The first-order valence-electron chi connectivity index (χ1n) is 9.45. The van der Waals surface area contributed by atoms with Crippen LogP contribution >= 0.6 is 0 Å². The SMILES string of the molecule is O=C(O)Nc1cnc(S(=O)(=O)Nc2ccc3c(c2)B(O)OC3)c(Nc2ccc([N+](=O)[O-])cn2)c1. The Kier molecular flexibility index (Phi) is 6.02. The first kappa shape index (κ1) is 22.9. The average Bonchev–Trinajstić information content (AvgIpc) is 3.13. The highest BCUT2D eigenvalue weighted by Crippen LogP contribution is 2.28. The molecule has 2 aromatic heterocycles. The lowest BCUT2D eigenvalue weighted by atomic mass is 9.79. The van der Waals surface area contributed by atoms with Crippen molar-refractivity contribution >= 4 is 57.3 Å². The highest BCUT2D eigenvalue weighted by atomic mass is 32.2. The van der Waals surface area contributed by atoms with Crippen molar-refractivity contribution in [2.75, 3.05) is 15.4 Å². The van der Waals surface area contributed by atoms with Crippen molar-refractivity contribution < 1.29 is 32.9 Å². The Morgan fingerprint density at radius 1 is 1.15 bits per heavy atom. The van der Waals surface area contributed by atoms with Crippen LogP contribution in [-0.4, -0.2) is 46.7 Å². The number of fused-ring (bicyclic) bond motifs is 1. The second kappa shape index (κ2) is 8.93. The number of carbonyl (C=O) groups is 1. The van der Waals surface area contributed by atoms with Gasteiger partial charge in [-0.1, -0.05) is 6.07 Å². The quantitative estimate of drug-likeness (QED) is 0.182. The molecule has 1 aliphatic rings. The van der Waals surface area contributed by atoms with Crippen molar-refractivity contribution in [1.29, 1.82) is 0 Å². The maximum Gasteiger partial charge on any atom is 0.491 e. The van der Waals surface area contributed by atoms with E-state index in [0.717, 1.165) is 18.5 Å². The predicted octanol–water partition coefficient (Wildman–Crippen LogP) is 1.24. The molecule has 4 rings (SSSR count). The van der Waals surface area contributed by atoms with Gasteiger partial charge >= 0.3 is 13.2 Å². The molecular weight excluding hydrogens is 471 g/mol. The molecule has 3 aromatic rings. The summed E-state index contributed by atoms with van der Waals surface area (Å²) in [7, 11) is -5.50. The molecule has 1 aromatic carbocycles. The van der Waals surface area contributed by atoms with Crippen molar-refractivity contribution in [1.82, 2.24) is 9.97 Å². The molecule has 0 atom stereocenters. The Labute approximate surface area is 192 Å². The van der Waals surface area contributed by atoms with Crippen LogP contribution in [0.3, 0.4) is 0 Å². The topological polar surface area (TPSA) is 206 Å². The molecule has 174 valence electrons. The first-order chi connectivity index (χ1) is 16.1. The van der Waals surface area contributed by atoms with E-state index in [1.165, 1.54) is 24.3 Å². The number of hydrogen-bond acceptors (Lipinski definition) is 10. The number of anilines is 4. The van der Waals surface area contributed by atoms with Gasteiger partial charge in [0.2, 0.25) is 0 Å². The molecule has 3 heterocycles. The third-order valence-corrected chi connectivity index (χ3v) is 5.98. The minimum absolute atomic E-state index is 0.0336. The number of hydrogen-bond donors (Lipinski definition) is 5. The molecule has 34 heavy (non-hydrogen) atoms. The second-order valence-corrected chi connectivity index (χ2v) is 8.57. The molecule has 0 unspecified atom stereocenters. The van der Waals surface area contributed by atoms with Crippen LogP contribution in [0.4, 0.5) is 33.4 Å². The summed E-state index contributed by atoms with van der Waals surface area (Å²) in [6, 6.07) is 8.11. The van der Waals surface area contributed by atoms with E-state index in [9.17, 15) is 28.4 Å². The largest absolute Gasteiger partial charge is 0.491 e. The van der Waals surface area contributed by atoms with Crippen molar-refractivity contribution in [3.8, 4) is 0 Å². The van der Waals surface area contributed by atoms with E-state index in [4.69, 9.17) is 9.76 Å². The first-order valence-corrected chi connectivity index (χ1v) is 10.9. The van der Waals surface area contributed by atoms with Gasteiger partial charge in [0.1, 0.15) is 12.0 Å². The van der Waals surface area contributed by atoms with Crippen LogP contribution in [-0.2, 0) is 21.3 Å². The number of pyridine rings is 2. The molecular formula is C18H15BN6O8S. The van der Waals surface area contributed by atoms with Crippen molar-refractivity contribution in [3.63, 3.8) is 0 Å². The lowest BCUT2D eigenvalue weighted by Crippen LogP contribution is -2.28. The predicted molar refractivity (Wildman–Crippen MR) is 120 cm³/mol. The summed E-state index contributed by atoms with van der Waals surface area (Å²) in [5, 5.41) is 33.9. The van der Waals surface area contributed by atoms with E-state index in [0.29, 0.717) is 11.0 Å². The van der Waals surface area contributed by atoms with Crippen LogP contribution in [0.2, 0.25) is 0 Å². The lowest BCUT2D eigenvalue weighted by molar-refractivity contribution is -0.385. The standard InChI is InChI=1S/C18H15BN6O8S/c26-18(27)22-12-6-15(23-16-4-3-13(8-20-16)25(29)30)17(21-7-12)34(31,32)24-11-2-1-10-9-33-19(28)14(10)5-11/h1-8,22,24,28H,9H2,(H,20,23)(H,26,27). The fourth-order valence-corrected chi connectivity index (χ4v) is 4.26. The number of nitrogens with zero attached hydrogens (tertiary/aromatic N) is 3. The van der Waals surface area contributed by atoms with Gasteiger partial charge in [-0.05, 0) is 35.3 Å². The fourth-order valence-electron chi connectivity index (χ4n) is 3.14. The molecule has 0 spiro atoms. The summed E-state index contributed by atoms with van der Waals surface area (Å²) in [4.78, 5) is 28.9. The smallest absolute Gasteiger partial charge is 0.465 e. The zero-order chi connectivity index (χ0) is 24.5. The molecule has 1 amide bonds. The summed E-state index contributed by atoms with van der Waals surface area (Å²) in [5.74, 6) is 0.0501. The number of sulfonamides is 1. The molecule has 0 saturated carbocycles. The van der Waals surface area contributed by atoms with E-state index in [-0.39, 0.29) is 35.2 Å². The highest BCUT2D eigenvalue weighted by Gasteiger charge is 2.29. The Bertz CT molecular complexity index is 1390. The monoisotopic (exact) mass is 486 g/mol. The zero-order valence-electron chi connectivity index (χ0n) is 17.0. The van der Waals surface area contributed by atoms with E-state index in [1.54, 1.807) is 6.07 Å². The van der Waals surface area contributed by atoms with Gasteiger partial charge in [-0.3, -0.25) is 20.2 Å². The summed E-state index contributed by atoms with van der Waals surface area (Å²) < 4.78 is 33.7. The Balaban J connectivity index is 1.68. The van der Waals surface area contributed by atoms with Crippen LogP contribution in [0.15, 0.2) is 53.8 Å². The van der Waals surface area contributed by atoms with Crippen molar-refractivity contribution in [2.45, 2.75) is 11.6 Å². The van der Waals surface area contributed by atoms with Crippen LogP contribution < -0.4 is 20.8 Å². The maximum absolute atomic E-state index is 13.1. The Hall–Kier alpha value is -4.28. The van der Waals surface area contributed by atoms with Crippen LogP contribution in [0.1, 0.15) is 5.56 Å². The molecule has 0 bridgehead atoms. The molecule has 5 N–H and O–H groups in total. The number of benzene rings is 1. The van der Waals surface area contributed by atoms with Gasteiger partial charge in [-0.15, -0.1) is 0 Å². The van der Waals surface area contributed by atoms with Gasteiger partial charge in [-0.2, -0.15) is 8.42 Å². The van der Waals surface area contributed by atoms with Gasteiger partial charge in [-0.25, -0.2) is 14.8 Å². The zero-order valence-corrected chi connectivity index (χ0v) is 17.8. The van der Waals surface area contributed by atoms with E-state index < -0.39 is 33.2 Å². The normalized spacial score (nSPS) is 12.7. The highest BCUT2D eigenvalue weighted by molar-refractivity contribution is 7.92. The number of nitrogens with one attached hydrogen (secondary N) is 3. The Morgan fingerprint density at radius 2 is 1.94 bits per heavy atom. The summed E-state index contributed by atoms with van der Waals surface area (Å²) in [5.41, 5.74) is 0.810. The minimum Gasteiger partial charge on any atom is -0.465 e. The van der Waals surface area contributed by atoms with Gasteiger partial charge in [0.05, 0.1) is 29.1 Å². The summed E-state index contributed by atoms with van der Waals surface area (Å²) in [6.07, 6.45) is 0.588. The third-order valence-electron chi connectivity index (χ3n) is 4.64. The van der Waals surface area contributed by atoms with Crippen molar-refractivity contribution in [2.24, 2.45) is 0 Å². The molecule has 0 fully saturated rings. The van der Waals surface area contributed by atoms with Gasteiger partial charge < -0.3 is 20.1 Å². The maximum atomic E-state index is 13.1. The molecule has 0 aliphatic carbocycles. The summed E-state index contributed by atoms with van der Waals surface area (Å²) >= 11 is 0. The molecule has 14 nitrogen and oxygen atoms in total. The fraction of sp³-hybridized carbons (Fsp3) is 0.0556. The second-order valence-electron chi connectivity index (χ2n) is 6.97. The van der Waals surface area contributed by atoms with Crippen LogP contribution in [0, 0.1) is 10.1 Å². The Morgan fingerprint density at radius 3 is 2.62 bits per heavy atom. The number of amides is 1. The number of carboxylic acid groups (broad SMARTS) is 1. The van der Waals surface area contributed by atoms with Gasteiger partial charge in [0.25, 0.3) is 15.7 Å². The number of aromatic nitrogens is 2. The van der Waals surface area contributed by atoms with Crippen molar-refractivity contribution in [3.05, 3.63) is 64.5 Å². The lowest BCUT2D eigenvalue weighted by Gasteiger charge is -2.14. The van der Waals surface area contributed by atoms with Gasteiger partial charge in [0.15, 0.2) is 5.03 Å².